The van der Waals surface area contributed by atoms with E-state index in [2.05, 4.69) is 15.3 Å². The molecule has 1 fully saturated rings. The molecule has 28 heavy (non-hydrogen) atoms. The van der Waals surface area contributed by atoms with Crippen molar-refractivity contribution < 1.29 is 4.42 Å². The van der Waals surface area contributed by atoms with Crippen LogP contribution < -0.4 is 21.5 Å². The van der Waals surface area contributed by atoms with Gasteiger partial charge in [0.1, 0.15) is 11.5 Å². The lowest BCUT2D eigenvalue weighted by molar-refractivity contribution is 0.540. The van der Waals surface area contributed by atoms with Gasteiger partial charge in [-0.15, -0.1) is 0 Å². The maximum absolute atomic E-state index is 12.2. The normalized spacial score (nSPS) is 16.8. The van der Waals surface area contributed by atoms with Gasteiger partial charge in [-0.05, 0) is 24.6 Å². The Morgan fingerprint density at radius 2 is 2.04 bits per heavy atom. The van der Waals surface area contributed by atoms with Crippen molar-refractivity contribution in [3.05, 3.63) is 57.1 Å². The van der Waals surface area contributed by atoms with Crippen LogP contribution in [-0.4, -0.2) is 38.0 Å². The molecule has 1 aliphatic heterocycles. The van der Waals surface area contributed by atoms with Crippen LogP contribution >= 0.6 is 0 Å². The number of hydrogen-bond donors (Lipinski definition) is 1. The van der Waals surface area contributed by atoms with E-state index in [-0.39, 0.29) is 17.3 Å². The van der Waals surface area contributed by atoms with Crippen LogP contribution in [0, 0.1) is 0 Å². The van der Waals surface area contributed by atoms with E-state index in [0.29, 0.717) is 12.4 Å². The van der Waals surface area contributed by atoms with Crippen LogP contribution in [0.25, 0.3) is 11.5 Å². The van der Waals surface area contributed by atoms with Gasteiger partial charge in [0.05, 0.1) is 12.0 Å². The second kappa shape index (κ2) is 7.16. The van der Waals surface area contributed by atoms with Gasteiger partial charge in [0.25, 0.3) is 5.56 Å². The Bertz CT molecular complexity index is 1090. The zero-order valence-electron chi connectivity index (χ0n) is 16.3. The fraction of sp³-hybridized carbons (Fsp3) is 0.421. The van der Waals surface area contributed by atoms with Crippen molar-refractivity contribution in [2.45, 2.75) is 19.0 Å². The molecular formula is C19H24N6O3. The maximum Gasteiger partial charge on any atom is 0.332 e. The largest absolute Gasteiger partial charge is 0.463 e. The molecule has 0 radical (unpaired) electrons. The van der Waals surface area contributed by atoms with Crippen molar-refractivity contribution >= 4 is 5.82 Å². The Kier molecular flexibility index (Phi) is 4.68. The van der Waals surface area contributed by atoms with Crippen molar-refractivity contribution in [2.24, 2.45) is 21.1 Å². The summed E-state index contributed by atoms with van der Waals surface area (Å²) in [5.41, 5.74) is 1.28. The SMILES string of the molecule is Cn1nc(CN[C@H]2CCN(c3cc(=O)n(C)c(=O)n3C)C2)cc1-c1ccco1. The molecule has 148 valence electrons. The standard InChI is InChI=1S/C19H24N6O3/c1-22-17(10-18(26)23(2)19(22)27)25-7-6-13(12-25)20-11-14-9-15(24(3)21-14)16-5-4-8-28-16/h4-5,8-10,13,20H,6-7,11-12H2,1-3H3/t13-/m0/s1. The molecule has 0 aromatic carbocycles. The predicted octanol–water partition coefficient (Wildman–Crippen LogP) is 0.446. The predicted molar refractivity (Wildman–Crippen MR) is 105 cm³/mol. The van der Waals surface area contributed by atoms with Crippen molar-refractivity contribution in [1.29, 1.82) is 0 Å². The first kappa shape index (κ1) is 18.3. The van der Waals surface area contributed by atoms with Gasteiger partial charge in [-0.1, -0.05) is 0 Å². The first-order valence-electron chi connectivity index (χ1n) is 9.26. The molecule has 4 rings (SSSR count). The van der Waals surface area contributed by atoms with Crippen LogP contribution in [-0.2, 0) is 27.7 Å². The van der Waals surface area contributed by atoms with Gasteiger partial charge in [0, 0.05) is 52.9 Å². The molecule has 3 aromatic rings. The highest BCUT2D eigenvalue weighted by Crippen LogP contribution is 2.21. The van der Waals surface area contributed by atoms with E-state index in [1.54, 1.807) is 13.3 Å². The molecule has 1 saturated heterocycles. The first-order valence-corrected chi connectivity index (χ1v) is 9.26. The van der Waals surface area contributed by atoms with E-state index in [1.165, 1.54) is 17.7 Å². The molecule has 0 saturated carbocycles. The van der Waals surface area contributed by atoms with E-state index in [0.717, 1.165) is 41.2 Å². The summed E-state index contributed by atoms with van der Waals surface area (Å²) in [6.45, 7) is 2.17. The summed E-state index contributed by atoms with van der Waals surface area (Å²) in [6, 6.07) is 7.57. The lowest BCUT2D eigenvalue weighted by atomic mass is 10.2. The molecule has 0 bridgehead atoms. The van der Waals surface area contributed by atoms with E-state index in [4.69, 9.17) is 4.42 Å². The van der Waals surface area contributed by atoms with Crippen LogP contribution in [0.3, 0.4) is 0 Å². The third-order valence-corrected chi connectivity index (χ3v) is 5.29. The number of rotatable bonds is 5. The zero-order chi connectivity index (χ0) is 19.8. The summed E-state index contributed by atoms with van der Waals surface area (Å²) in [6.07, 6.45) is 2.58. The van der Waals surface area contributed by atoms with Gasteiger partial charge in [-0.25, -0.2) is 4.79 Å². The molecule has 1 atom stereocenters. The number of anilines is 1. The highest BCUT2D eigenvalue weighted by Gasteiger charge is 2.25. The number of nitrogens with zero attached hydrogens (tertiary/aromatic N) is 5. The summed E-state index contributed by atoms with van der Waals surface area (Å²) in [5.74, 6) is 1.45. The third kappa shape index (κ3) is 3.29. The number of nitrogens with one attached hydrogen (secondary N) is 1. The molecule has 1 aliphatic rings. The molecule has 1 N–H and O–H groups in total. The van der Waals surface area contributed by atoms with E-state index < -0.39 is 0 Å². The highest BCUT2D eigenvalue weighted by molar-refractivity contribution is 5.52. The summed E-state index contributed by atoms with van der Waals surface area (Å²) in [7, 11) is 5.09. The van der Waals surface area contributed by atoms with Crippen molar-refractivity contribution in [3.8, 4) is 11.5 Å². The topological polar surface area (TPSA) is 90.2 Å². The number of furan rings is 1. The zero-order valence-corrected chi connectivity index (χ0v) is 16.3. The van der Waals surface area contributed by atoms with Gasteiger partial charge in [-0.3, -0.25) is 18.6 Å². The second-order valence-corrected chi connectivity index (χ2v) is 7.18. The molecule has 4 heterocycles. The minimum atomic E-state index is -0.308. The van der Waals surface area contributed by atoms with Gasteiger partial charge in [-0.2, -0.15) is 5.10 Å². The molecule has 9 nitrogen and oxygen atoms in total. The molecule has 0 unspecified atom stereocenters. The Morgan fingerprint density at radius 3 is 2.79 bits per heavy atom. The quantitative estimate of drug-likeness (QED) is 0.687. The minimum Gasteiger partial charge on any atom is -0.463 e. The average molecular weight is 384 g/mol. The maximum atomic E-state index is 12.2. The van der Waals surface area contributed by atoms with Crippen LogP contribution in [0.4, 0.5) is 5.82 Å². The fourth-order valence-electron chi connectivity index (χ4n) is 3.68. The van der Waals surface area contributed by atoms with Crippen LogP contribution in [0.1, 0.15) is 12.1 Å². The number of aromatic nitrogens is 4. The Balaban J connectivity index is 1.42. The highest BCUT2D eigenvalue weighted by atomic mass is 16.3. The van der Waals surface area contributed by atoms with Gasteiger partial charge >= 0.3 is 5.69 Å². The average Bonchev–Trinajstić information content (AvgIpc) is 3.42. The minimum absolute atomic E-state index is 0.258. The summed E-state index contributed by atoms with van der Waals surface area (Å²) in [5, 5.41) is 8.07. The summed E-state index contributed by atoms with van der Waals surface area (Å²) < 4.78 is 9.91. The Labute approximate surface area is 161 Å². The molecule has 0 aliphatic carbocycles. The van der Waals surface area contributed by atoms with E-state index in [9.17, 15) is 9.59 Å². The number of hydrogen-bond acceptors (Lipinski definition) is 6. The molecule has 3 aromatic heterocycles. The van der Waals surface area contributed by atoms with Crippen molar-refractivity contribution in [1.82, 2.24) is 24.2 Å². The lowest BCUT2D eigenvalue weighted by Crippen LogP contribution is -2.40. The van der Waals surface area contributed by atoms with Gasteiger partial charge in [0.2, 0.25) is 0 Å². The van der Waals surface area contributed by atoms with Crippen LogP contribution in [0.2, 0.25) is 0 Å². The summed E-state index contributed by atoms with van der Waals surface area (Å²) >= 11 is 0. The Hall–Kier alpha value is -3.07. The van der Waals surface area contributed by atoms with Gasteiger partial charge < -0.3 is 14.6 Å². The van der Waals surface area contributed by atoms with Crippen LogP contribution in [0.15, 0.2) is 44.5 Å². The van der Waals surface area contributed by atoms with Crippen molar-refractivity contribution in [3.63, 3.8) is 0 Å². The fourth-order valence-corrected chi connectivity index (χ4v) is 3.68. The second-order valence-electron chi connectivity index (χ2n) is 7.18. The van der Waals surface area contributed by atoms with Crippen molar-refractivity contribution in [2.75, 3.05) is 18.0 Å². The lowest BCUT2D eigenvalue weighted by Gasteiger charge is -2.21. The number of aryl methyl sites for hydroxylation is 1. The molecule has 9 heteroatoms. The van der Waals surface area contributed by atoms with Gasteiger partial charge in [0.15, 0.2) is 5.76 Å². The molecular weight excluding hydrogens is 360 g/mol. The third-order valence-electron chi connectivity index (χ3n) is 5.29. The van der Waals surface area contributed by atoms with E-state index >= 15 is 0 Å². The monoisotopic (exact) mass is 384 g/mol. The smallest absolute Gasteiger partial charge is 0.332 e. The molecule has 0 spiro atoms. The Morgan fingerprint density at radius 1 is 1.21 bits per heavy atom. The van der Waals surface area contributed by atoms with Crippen LogP contribution in [0.5, 0.6) is 0 Å². The van der Waals surface area contributed by atoms with E-state index in [1.807, 2.05) is 29.9 Å². The first-order chi connectivity index (χ1) is 13.4. The summed E-state index contributed by atoms with van der Waals surface area (Å²) in [4.78, 5) is 26.2. The molecule has 0 amide bonds.